The highest BCUT2D eigenvalue weighted by Crippen LogP contribution is 2.34. The first kappa shape index (κ1) is 21.4. The maximum atomic E-state index is 13.2. The Labute approximate surface area is 180 Å². The van der Waals surface area contributed by atoms with Gasteiger partial charge in [-0.2, -0.15) is 0 Å². The molecule has 1 saturated heterocycles. The van der Waals surface area contributed by atoms with E-state index in [1.165, 1.54) is 37.7 Å². The summed E-state index contributed by atoms with van der Waals surface area (Å²) in [5, 5.41) is 4.36. The van der Waals surface area contributed by atoms with Crippen LogP contribution in [0.3, 0.4) is 0 Å². The standard InChI is InChI=1S/C25H37N3O2/c1-5-27-11-13-28(14-12-27)25(9-7-6-8-10-25)17-26-24(29)23-20(4)22-19(3)15-18(2)16-21(22)30-23/h15-16H,5-14,17H2,1-4H3,(H,26,29). The number of rotatable bonds is 5. The van der Waals surface area contributed by atoms with Crippen LogP contribution >= 0.6 is 0 Å². The Hall–Kier alpha value is -1.85. The fraction of sp³-hybridized carbons (Fsp3) is 0.640. The smallest absolute Gasteiger partial charge is 0.287 e. The summed E-state index contributed by atoms with van der Waals surface area (Å²) in [4.78, 5) is 18.4. The quantitative estimate of drug-likeness (QED) is 0.791. The van der Waals surface area contributed by atoms with E-state index in [0.717, 1.165) is 54.8 Å². The Bertz CT molecular complexity index is 903. The highest BCUT2D eigenvalue weighted by molar-refractivity contribution is 6.00. The van der Waals surface area contributed by atoms with Gasteiger partial charge in [-0.3, -0.25) is 9.69 Å². The van der Waals surface area contributed by atoms with Crippen LogP contribution in [0.1, 0.15) is 66.3 Å². The van der Waals surface area contributed by atoms with Crippen molar-refractivity contribution in [1.82, 2.24) is 15.1 Å². The van der Waals surface area contributed by atoms with Crippen LogP contribution in [0, 0.1) is 20.8 Å². The topological polar surface area (TPSA) is 48.7 Å². The first-order valence-corrected chi connectivity index (χ1v) is 11.7. The van der Waals surface area contributed by atoms with Crippen LogP contribution in [0.4, 0.5) is 0 Å². The van der Waals surface area contributed by atoms with Crippen molar-refractivity contribution < 1.29 is 9.21 Å². The summed E-state index contributed by atoms with van der Waals surface area (Å²) >= 11 is 0. The Balaban J connectivity index is 1.51. The molecule has 5 nitrogen and oxygen atoms in total. The maximum absolute atomic E-state index is 13.2. The molecule has 1 saturated carbocycles. The Kier molecular flexibility index (Phi) is 6.21. The predicted molar refractivity (Wildman–Crippen MR) is 122 cm³/mol. The van der Waals surface area contributed by atoms with Crippen LogP contribution in [0.2, 0.25) is 0 Å². The normalized spacial score (nSPS) is 20.5. The summed E-state index contributed by atoms with van der Waals surface area (Å²) < 4.78 is 6.04. The second-order valence-corrected chi connectivity index (χ2v) is 9.40. The van der Waals surface area contributed by atoms with E-state index in [2.05, 4.69) is 42.0 Å². The number of carbonyl (C=O) groups excluding carboxylic acids is 1. The average Bonchev–Trinajstić information content (AvgIpc) is 3.09. The van der Waals surface area contributed by atoms with Crippen molar-refractivity contribution in [2.75, 3.05) is 39.3 Å². The monoisotopic (exact) mass is 411 g/mol. The molecule has 4 rings (SSSR count). The minimum absolute atomic E-state index is 0.0714. The van der Waals surface area contributed by atoms with E-state index in [1.54, 1.807) is 0 Å². The Morgan fingerprint density at radius 3 is 2.43 bits per heavy atom. The number of furan rings is 1. The molecule has 0 spiro atoms. The van der Waals surface area contributed by atoms with Crippen LogP contribution in [-0.4, -0.2) is 60.5 Å². The lowest BCUT2D eigenvalue weighted by atomic mass is 9.79. The lowest BCUT2D eigenvalue weighted by Gasteiger charge is -2.50. The van der Waals surface area contributed by atoms with Gasteiger partial charge in [-0.1, -0.05) is 32.3 Å². The van der Waals surface area contributed by atoms with Crippen molar-refractivity contribution in [3.63, 3.8) is 0 Å². The van der Waals surface area contributed by atoms with Gasteiger partial charge < -0.3 is 14.6 Å². The van der Waals surface area contributed by atoms with Gasteiger partial charge in [-0.05, 0) is 57.4 Å². The van der Waals surface area contributed by atoms with E-state index >= 15 is 0 Å². The number of piperazine rings is 1. The number of likely N-dealkylation sites (N-methyl/N-ethyl adjacent to an activating group) is 1. The number of nitrogens with one attached hydrogen (secondary N) is 1. The number of hydrogen-bond acceptors (Lipinski definition) is 4. The molecule has 2 fully saturated rings. The molecule has 0 atom stereocenters. The van der Waals surface area contributed by atoms with Gasteiger partial charge in [0, 0.05) is 49.2 Å². The van der Waals surface area contributed by atoms with E-state index in [-0.39, 0.29) is 11.4 Å². The van der Waals surface area contributed by atoms with Gasteiger partial charge in [0.2, 0.25) is 0 Å². The van der Waals surface area contributed by atoms with E-state index in [1.807, 2.05) is 13.0 Å². The number of amides is 1. The van der Waals surface area contributed by atoms with Gasteiger partial charge >= 0.3 is 0 Å². The van der Waals surface area contributed by atoms with E-state index in [4.69, 9.17) is 4.42 Å². The maximum Gasteiger partial charge on any atom is 0.287 e. The lowest BCUT2D eigenvalue weighted by Crippen LogP contribution is -2.61. The number of fused-ring (bicyclic) bond motifs is 1. The molecule has 1 aliphatic heterocycles. The summed E-state index contributed by atoms with van der Waals surface area (Å²) in [7, 11) is 0. The summed E-state index contributed by atoms with van der Waals surface area (Å²) in [5.74, 6) is 0.401. The molecule has 1 aliphatic carbocycles. The zero-order valence-electron chi connectivity index (χ0n) is 19.1. The van der Waals surface area contributed by atoms with Crippen molar-refractivity contribution in [2.24, 2.45) is 0 Å². The van der Waals surface area contributed by atoms with E-state index in [0.29, 0.717) is 12.3 Å². The second kappa shape index (κ2) is 8.72. The molecule has 0 unspecified atom stereocenters. The molecule has 1 N–H and O–H groups in total. The first-order chi connectivity index (χ1) is 14.4. The predicted octanol–water partition coefficient (Wildman–Crippen LogP) is 4.43. The molecule has 30 heavy (non-hydrogen) atoms. The SMILES string of the molecule is CCN1CCN(C2(CNC(=O)c3oc4cc(C)cc(C)c4c3C)CCCCC2)CC1. The van der Waals surface area contributed by atoms with Gasteiger partial charge in [0.25, 0.3) is 5.91 Å². The van der Waals surface area contributed by atoms with Gasteiger partial charge in [0.05, 0.1) is 0 Å². The second-order valence-electron chi connectivity index (χ2n) is 9.40. The zero-order valence-corrected chi connectivity index (χ0v) is 19.1. The molecule has 0 radical (unpaired) electrons. The molecular formula is C25H37N3O2. The zero-order chi connectivity index (χ0) is 21.3. The molecular weight excluding hydrogens is 374 g/mol. The van der Waals surface area contributed by atoms with E-state index < -0.39 is 0 Å². The van der Waals surface area contributed by atoms with Crippen LogP contribution in [0.5, 0.6) is 0 Å². The highest BCUT2D eigenvalue weighted by atomic mass is 16.3. The average molecular weight is 412 g/mol. The van der Waals surface area contributed by atoms with Crippen molar-refractivity contribution in [3.05, 3.63) is 34.6 Å². The Morgan fingerprint density at radius 1 is 1.07 bits per heavy atom. The molecule has 5 heteroatoms. The van der Waals surface area contributed by atoms with Gasteiger partial charge in [-0.25, -0.2) is 0 Å². The third kappa shape index (κ3) is 4.02. The van der Waals surface area contributed by atoms with Crippen LogP contribution in [0.25, 0.3) is 11.0 Å². The molecule has 2 aliphatic rings. The molecule has 1 aromatic heterocycles. The summed E-state index contributed by atoms with van der Waals surface area (Å²) in [6, 6.07) is 4.18. The number of hydrogen-bond donors (Lipinski definition) is 1. The van der Waals surface area contributed by atoms with Crippen LogP contribution < -0.4 is 5.32 Å². The third-order valence-electron chi connectivity index (χ3n) is 7.43. The molecule has 0 bridgehead atoms. The summed E-state index contributed by atoms with van der Waals surface area (Å²) in [6.07, 6.45) is 6.18. The van der Waals surface area contributed by atoms with Gasteiger partial charge in [0.1, 0.15) is 5.58 Å². The first-order valence-electron chi connectivity index (χ1n) is 11.7. The molecule has 2 aromatic rings. The fourth-order valence-electron chi connectivity index (χ4n) is 5.68. The largest absolute Gasteiger partial charge is 0.451 e. The van der Waals surface area contributed by atoms with Crippen molar-refractivity contribution in [1.29, 1.82) is 0 Å². The fourth-order valence-corrected chi connectivity index (χ4v) is 5.68. The molecule has 1 amide bonds. The number of benzene rings is 1. The number of carbonyl (C=O) groups is 1. The van der Waals surface area contributed by atoms with E-state index in [9.17, 15) is 4.79 Å². The van der Waals surface area contributed by atoms with Gasteiger partial charge in [-0.15, -0.1) is 0 Å². The van der Waals surface area contributed by atoms with Gasteiger partial charge in [0.15, 0.2) is 5.76 Å². The minimum atomic E-state index is -0.0714. The summed E-state index contributed by atoms with van der Waals surface area (Å²) in [5.41, 5.74) is 4.20. The van der Waals surface area contributed by atoms with Crippen LogP contribution in [-0.2, 0) is 0 Å². The lowest BCUT2D eigenvalue weighted by molar-refractivity contribution is 0.00907. The molecule has 2 heterocycles. The number of nitrogens with zero attached hydrogens (tertiary/aromatic N) is 2. The highest BCUT2D eigenvalue weighted by Gasteiger charge is 2.39. The third-order valence-corrected chi connectivity index (χ3v) is 7.43. The van der Waals surface area contributed by atoms with Crippen molar-refractivity contribution >= 4 is 16.9 Å². The van der Waals surface area contributed by atoms with Crippen molar-refractivity contribution in [2.45, 2.75) is 65.3 Å². The van der Waals surface area contributed by atoms with Crippen LogP contribution in [0.15, 0.2) is 16.5 Å². The van der Waals surface area contributed by atoms with Crippen molar-refractivity contribution in [3.8, 4) is 0 Å². The summed E-state index contributed by atoms with van der Waals surface area (Å²) in [6.45, 7) is 14.7. The number of aryl methyl sites for hydroxylation is 3. The molecule has 164 valence electrons. The molecule has 1 aromatic carbocycles. The Morgan fingerprint density at radius 2 is 1.77 bits per heavy atom. The minimum Gasteiger partial charge on any atom is -0.451 e.